The molecule has 0 fully saturated rings. The Morgan fingerprint density at radius 3 is 2.57 bits per heavy atom. The first kappa shape index (κ1) is 16.8. The molecule has 0 aromatic heterocycles. The van der Waals surface area contributed by atoms with E-state index in [2.05, 4.69) is 16.0 Å². The van der Waals surface area contributed by atoms with Crippen molar-refractivity contribution in [3.05, 3.63) is 23.8 Å². The van der Waals surface area contributed by atoms with Crippen LogP contribution >= 0.6 is 0 Å². The first-order valence-corrected chi connectivity index (χ1v) is 7.06. The van der Waals surface area contributed by atoms with Crippen molar-refractivity contribution in [1.82, 2.24) is 10.6 Å². The smallest absolute Gasteiger partial charge is 0.319 e. The standard InChI is InChI=1S/C15H23N3O3/c1-5-16-14(19)11(4)17-15(20)18-13-8-7-12(21-6-2)9-10(13)3/h7-9,11H,5-6H2,1-4H3,(H,16,19)(H2,17,18,20)/t11-/m1/s1. The Kier molecular flexibility index (Phi) is 6.52. The molecule has 0 aliphatic carbocycles. The molecule has 6 nitrogen and oxygen atoms in total. The largest absolute Gasteiger partial charge is 0.494 e. The van der Waals surface area contributed by atoms with Crippen molar-refractivity contribution < 1.29 is 14.3 Å². The Morgan fingerprint density at radius 2 is 2.00 bits per heavy atom. The first-order valence-electron chi connectivity index (χ1n) is 7.06. The third-order valence-electron chi connectivity index (χ3n) is 2.85. The van der Waals surface area contributed by atoms with Gasteiger partial charge in [0.2, 0.25) is 5.91 Å². The van der Waals surface area contributed by atoms with Crippen LogP contribution in [0.5, 0.6) is 5.75 Å². The Labute approximate surface area is 125 Å². The van der Waals surface area contributed by atoms with Gasteiger partial charge < -0.3 is 20.7 Å². The highest BCUT2D eigenvalue weighted by Crippen LogP contribution is 2.21. The molecule has 21 heavy (non-hydrogen) atoms. The average molecular weight is 293 g/mol. The topological polar surface area (TPSA) is 79.5 Å². The van der Waals surface area contributed by atoms with E-state index in [4.69, 9.17) is 4.74 Å². The summed E-state index contributed by atoms with van der Waals surface area (Å²) in [5.41, 5.74) is 1.57. The number of anilines is 1. The van der Waals surface area contributed by atoms with Crippen LogP contribution in [0.2, 0.25) is 0 Å². The van der Waals surface area contributed by atoms with Crippen LogP contribution in [-0.4, -0.2) is 31.1 Å². The van der Waals surface area contributed by atoms with Gasteiger partial charge in [-0.2, -0.15) is 0 Å². The number of ether oxygens (including phenoxy) is 1. The number of rotatable bonds is 6. The van der Waals surface area contributed by atoms with Crippen LogP contribution in [0.25, 0.3) is 0 Å². The number of carbonyl (C=O) groups excluding carboxylic acids is 2. The maximum atomic E-state index is 11.9. The fourth-order valence-corrected chi connectivity index (χ4v) is 1.78. The molecule has 1 atom stereocenters. The van der Waals surface area contributed by atoms with Crippen molar-refractivity contribution in [3.63, 3.8) is 0 Å². The average Bonchev–Trinajstić information content (AvgIpc) is 2.42. The van der Waals surface area contributed by atoms with Crippen LogP contribution in [0.3, 0.4) is 0 Å². The third-order valence-corrected chi connectivity index (χ3v) is 2.85. The van der Waals surface area contributed by atoms with Crippen LogP contribution < -0.4 is 20.7 Å². The first-order chi connectivity index (χ1) is 9.97. The molecule has 6 heteroatoms. The Balaban J connectivity index is 2.60. The molecule has 1 aromatic carbocycles. The van der Waals surface area contributed by atoms with Crippen molar-refractivity contribution in [3.8, 4) is 5.75 Å². The number of benzene rings is 1. The molecule has 0 spiro atoms. The number of carbonyl (C=O) groups is 2. The van der Waals surface area contributed by atoms with E-state index < -0.39 is 12.1 Å². The van der Waals surface area contributed by atoms with E-state index in [0.717, 1.165) is 11.3 Å². The summed E-state index contributed by atoms with van der Waals surface area (Å²) in [5, 5.41) is 7.96. The highest BCUT2D eigenvalue weighted by Gasteiger charge is 2.15. The third kappa shape index (κ3) is 5.33. The normalized spacial score (nSPS) is 11.4. The van der Waals surface area contributed by atoms with Gasteiger partial charge in [-0.05, 0) is 51.5 Å². The molecular weight excluding hydrogens is 270 g/mol. The van der Waals surface area contributed by atoms with Crippen molar-refractivity contribution in [2.24, 2.45) is 0 Å². The van der Waals surface area contributed by atoms with E-state index in [-0.39, 0.29) is 5.91 Å². The minimum atomic E-state index is -0.590. The van der Waals surface area contributed by atoms with Gasteiger partial charge in [-0.3, -0.25) is 4.79 Å². The molecule has 3 amide bonds. The lowest BCUT2D eigenvalue weighted by Crippen LogP contribution is -2.46. The molecule has 0 radical (unpaired) electrons. The second-order valence-corrected chi connectivity index (χ2v) is 4.62. The summed E-state index contributed by atoms with van der Waals surface area (Å²) in [5.74, 6) is 0.549. The number of nitrogens with one attached hydrogen (secondary N) is 3. The number of aryl methyl sites for hydroxylation is 1. The number of urea groups is 1. The lowest BCUT2D eigenvalue weighted by molar-refractivity contribution is -0.122. The number of hydrogen-bond donors (Lipinski definition) is 3. The van der Waals surface area contributed by atoms with Gasteiger partial charge in [0, 0.05) is 12.2 Å². The monoisotopic (exact) mass is 293 g/mol. The van der Waals surface area contributed by atoms with Gasteiger partial charge >= 0.3 is 6.03 Å². The number of likely N-dealkylation sites (N-methyl/N-ethyl adjacent to an activating group) is 1. The molecule has 0 aliphatic heterocycles. The van der Waals surface area contributed by atoms with E-state index in [1.807, 2.05) is 26.8 Å². The maximum absolute atomic E-state index is 11.9. The summed E-state index contributed by atoms with van der Waals surface area (Å²) in [7, 11) is 0. The number of hydrogen-bond acceptors (Lipinski definition) is 3. The SMILES string of the molecule is CCNC(=O)[C@@H](C)NC(=O)Nc1ccc(OCC)cc1C. The van der Waals surface area contributed by atoms with Crippen molar-refractivity contribution in [1.29, 1.82) is 0 Å². The zero-order valence-corrected chi connectivity index (χ0v) is 12.9. The highest BCUT2D eigenvalue weighted by molar-refractivity contribution is 5.94. The van der Waals surface area contributed by atoms with Crippen molar-refractivity contribution in [2.45, 2.75) is 33.7 Å². The van der Waals surface area contributed by atoms with Crippen LogP contribution in [0.15, 0.2) is 18.2 Å². The van der Waals surface area contributed by atoms with Gasteiger partial charge in [0.25, 0.3) is 0 Å². The van der Waals surface area contributed by atoms with Crippen LogP contribution in [0.1, 0.15) is 26.3 Å². The maximum Gasteiger partial charge on any atom is 0.319 e. The summed E-state index contributed by atoms with van der Waals surface area (Å²) in [6, 6.07) is 4.41. The summed E-state index contributed by atoms with van der Waals surface area (Å²) < 4.78 is 5.39. The lowest BCUT2D eigenvalue weighted by atomic mass is 10.2. The van der Waals surface area contributed by atoms with E-state index in [1.54, 1.807) is 19.1 Å². The van der Waals surface area contributed by atoms with Gasteiger partial charge in [-0.15, -0.1) is 0 Å². The predicted molar refractivity (Wildman–Crippen MR) is 82.6 cm³/mol. The predicted octanol–water partition coefficient (Wildman–Crippen LogP) is 2.04. The summed E-state index contributed by atoms with van der Waals surface area (Å²) in [4.78, 5) is 23.4. The molecule has 0 aliphatic rings. The van der Waals surface area contributed by atoms with Crippen LogP contribution in [0.4, 0.5) is 10.5 Å². The lowest BCUT2D eigenvalue weighted by Gasteiger charge is -2.15. The highest BCUT2D eigenvalue weighted by atomic mass is 16.5. The van der Waals surface area contributed by atoms with E-state index in [1.165, 1.54) is 0 Å². The van der Waals surface area contributed by atoms with Crippen LogP contribution in [0, 0.1) is 6.92 Å². The summed E-state index contributed by atoms with van der Waals surface area (Å²) in [6.07, 6.45) is 0. The van der Waals surface area contributed by atoms with Gasteiger partial charge in [0.1, 0.15) is 11.8 Å². The molecule has 0 saturated heterocycles. The van der Waals surface area contributed by atoms with Crippen molar-refractivity contribution >= 4 is 17.6 Å². The van der Waals surface area contributed by atoms with Gasteiger partial charge in [0.05, 0.1) is 6.61 Å². The van der Waals surface area contributed by atoms with E-state index >= 15 is 0 Å². The molecule has 1 rings (SSSR count). The quantitative estimate of drug-likeness (QED) is 0.751. The molecule has 116 valence electrons. The molecule has 0 unspecified atom stereocenters. The van der Waals surface area contributed by atoms with E-state index in [9.17, 15) is 9.59 Å². The van der Waals surface area contributed by atoms with Gasteiger partial charge in [-0.1, -0.05) is 0 Å². The summed E-state index contributed by atoms with van der Waals surface area (Å²) >= 11 is 0. The van der Waals surface area contributed by atoms with Gasteiger partial charge in [0.15, 0.2) is 0 Å². The molecule has 0 bridgehead atoms. The molecule has 0 heterocycles. The van der Waals surface area contributed by atoms with Crippen LogP contribution in [-0.2, 0) is 4.79 Å². The molecule has 1 aromatic rings. The molecule has 3 N–H and O–H groups in total. The second-order valence-electron chi connectivity index (χ2n) is 4.62. The zero-order valence-electron chi connectivity index (χ0n) is 12.9. The summed E-state index contributed by atoms with van der Waals surface area (Å²) in [6.45, 7) is 8.38. The minimum Gasteiger partial charge on any atom is -0.494 e. The zero-order chi connectivity index (χ0) is 15.8. The second kappa shape index (κ2) is 8.14. The fraction of sp³-hybridized carbons (Fsp3) is 0.467. The fourth-order valence-electron chi connectivity index (χ4n) is 1.78. The Morgan fingerprint density at radius 1 is 1.29 bits per heavy atom. The minimum absolute atomic E-state index is 0.212. The Bertz CT molecular complexity index is 503. The van der Waals surface area contributed by atoms with Crippen molar-refractivity contribution in [2.75, 3.05) is 18.5 Å². The Hall–Kier alpha value is -2.24. The number of amides is 3. The molecule has 0 saturated carbocycles. The molecular formula is C15H23N3O3. The van der Waals surface area contributed by atoms with E-state index in [0.29, 0.717) is 18.8 Å². The van der Waals surface area contributed by atoms with Gasteiger partial charge in [-0.25, -0.2) is 4.79 Å².